The summed E-state index contributed by atoms with van der Waals surface area (Å²) in [6.45, 7) is 0. The van der Waals surface area contributed by atoms with Crippen molar-refractivity contribution >= 4 is 46.6 Å². The molecule has 1 N–H and O–H groups in total. The van der Waals surface area contributed by atoms with Crippen molar-refractivity contribution in [2.24, 2.45) is 0 Å². The van der Waals surface area contributed by atoms with Gasteiger partial charge in [-0.3, -0.25) is 14.5 Å². The Hall–Kier alpha value is -2.96. The molecule has 0 saturated carbocycles. The average molecular weight is 439 g/mol. The molecule has 0 aliphatic carbocycles. The highest BCUT2D eigenvalue weighted by atomic mass is 35.5. The van der Waals surface area contributed by atoms with Gasteiger partial charge in [-0.25, -0.2) is 0 Å². The fourth-order valence-electron chi connectivity index (χ4n) is 3.37. The van der Waals surface area contributed by atoms with Crippen LogP contribution in [0.1, 0.15) is 21.3 Å². The highest BCUT2D eigenvalue weighted by Gasteiger charge is 2.35. The van der Waals surface area contributed by atoms with Crippen molar-refractivity contribution in [2.75, 3.05) is 23.1 Å². The Kier molecular flexibility index (Phi) is 5.97. The molecule has 2 amide bonds. The van der Waals surface area contributed by atoms with Crippen LogP contribution in [0.4, 0.5) is 11.4 Å². The average Bonchev–Trinajstić information content (AvgIpc) is 3.15. The predicted octanol–water partition coefficient (Wildman–Crippen LogP) is 5.38. The Morgan fingerprint density at radius 2 is 1.87 bits per heavy atom. The zero-order chi connectivity index (χ0) is 21.1. The van der Waals surface area contributed by atoms with Gasteiger partial charge in [0.25, 0.3) is 5.91 Å². The summed E-state index contributed by atoms with van der Waals surface area (Å²) in [6.07, 6.45) is 0. The second kappa shape index (κ2) is 8.81. The predicted molar refractivity (Wildman–Crippen MR) is 122 cm³/mol. The summed E-state index contributed by atoms with van der Waals surface area (Å²) in [5.74, 6) is 0.745. The monoisotopic (exact) mass is 438 g/mol. The number of benzene rings is 3. The first-order valence-electron chi connectivity index (χ1n) is 9.31. The Morgan fingerprint density at radius 1 is 1.10 bits per heavy atom. The molecule has 0 aromatic heterocycles. The van der Waals surface area contributed by atoms with Gasteiger partial charge in [-0.15, -0.1) is 11.8 Å². The van der Waals surface area contributed by atoms with Crippen molar-refractivity contribution in [3.05, 3.63) is 88.9 Å². The quantitative estimate of drug-likeness (QED) is 0.581. The van der Waals surface area contributed by atoms with Gasteiger partial charge in [0.05, 0.1) is 29.1 Å². The highest BCUT2D eigenvalue weighted by Crippen LogP contribution is 2.45. The van der Waals surface area contributed by atoms with E-state index in [-0.39, 0.29) is 17.2 Å². The second-order valence-electron chi connectivity index (χ2n) is 6.66. The molecule has 1 atom stereocenters. The number of anilines is 2. The number of carbonyl (C=O) groups excluding carboxylic acids is 2. The molecule has 1 aliphatic rings. The molecule has 1 heterocycles. The van der Waals surface area contributed by atoms with Gasteiger partial charge in [-0.1, -0.05) is 48.0 Å². The number of nitrogens with zero attached hydrogens (tertiary/aromatic N) is 1. The van der Waals surface area contributed by atoms with Gasteiger partial charge in [0, 0.05) is 5.69 Å². The maximum absolute atomic E-state index is 12.7. The lowest BCUT2D eigenvalue weighted by molar-refractivity contribution is -0.115. The summed E-state index contributed by atoms with van der Waals surface area (Å²) < 4.78 is 5.45. The number of hydrogen-bond acceptors (Lipinski definition) is 4. The number of para-hydroxylation sites is 2. The lowest BCUT2D eigenvalue weighted by Gasteiger charge is -2.26. The van der Waals surface area contributed by atoms with E-state index >= 15 is 0 Å². The SMILES string of the molecule is COc1ccccc1N1C(=O)CS[C@H]1c1cccc(NC(=O)c2ccccc2Cl)c1. The Balaban J connectivity index is 1.62. The Labute approximate surface area is 184 Å². The van der Waals surface area contributed by atoms with Gasteiger partial charge < -0.3 is 10.1 Å². The Bertz CT molecular complexity index is 1110. The van der Waals surface area contributed by atoms with Crippen LogP contribution in [-0.4, -0.2) is 24.7 Å². The molecule has 1 fully saturated rings. The van der Waals surface area contributed by atoms with Gasteiger partial charge in [-0.05, 0) is 42.0 Å². The van der Waals surface area contributed by atoms with Crippen molar-refractivity contribution in [1.29, 1.82) is 0 Å². The van der Waals surface area contributed by atoms with Gasteiger partial charge in [0.15, 0.2) is 0 Å². The lowest BCUT2D eigenvalue weighted by Crippen LogP contribution is -2.28. The molecule has 3 aromatic rings. The van der Waals surface area contributed by atoms with E-state index in [1.165, 1.54) is 11.8 Å². The number of rotatable bonds is 5. The van der Waals surface area contributed by atoms with Crippen LogP contribution >= 0.6 is 23.4 Å². The van der Waals surface area contributed by atoms with Crippen molar-refractivity contribution < 1.29 is 14.3 Å². The molecule has 0 radical (unpaired) electrons. The number of hydrogen-bond donors (Lipinski definition) is 1. The molecular weight excluding hydrogens is 420 g/mol. The zero-order valence-corrected chi connectivity index (χ0v) is 17.7. The van der Waals surface area contributed by atoms with Crippen LogP contribution < -0.4 is 15.0 Å². The standard InChI is InChI=1S/C23H19ClN2O3S/c1-29-20-12-5-4-11-19(20)26-21(27)14-30-23(26)15-7-6-8-16(13-15)25-22(28)17-9-2-3-10-18(17)24/h2-13,23H,14H2,1H3,(H,25,28)/t23-/m0/s1. The van der Waals surface area contributed by atoms with Crippen molar-refractivity contribution in [3.63, 3.8) is 0 Å². The van der Waals surface area contributed by atoms with Gasteiger partial charge in [0.1, 0.15) is 11.1 Å². The molecule has 5 nitrogen and oxygen atoms in total. The Morgan fingerprint density at radius 3 is 2.67 bits per heavy atom. The first-order chi connectivity index (χ1) is 14.6. The van der Waals surface area contributed by atoms with E-state index in [2.05, 4.69) is 5.32 Å². The van der Waals surface area contributed by atoms with E-state index in [1.54, 1.807) is 36.3 Å². The van der Waals surface area contributed by atoms with Gasteiger partial charge in [-0.2, -0.15) is 0 Å². The molecular formula is C23H19ClN2O3S. The third kappa shape index (κ3) is 4.01. The highest BCUT2D eigenvalue weighted by molar-refractivity contribution is 8.00. The molecule has 4 rings (SSSR count). The van der Waals surface area contributed by atoms with E-state index < -0.39 is 0 Å². The van der Waals surface area contributed by atoms with Crippen molar-refractivity contribution in [2.45, 2.75) is 5.37 Å². The normalized spacial score (nSPS) is 15.9. The first-order valence-corrected chi connectivity index (χ1v) is 10.7. The summed E-state index contributed by atoms with van der Waals surface area (Å²) in [7, 11) is 1.59. The summed E-state index contributed by atoms with van der Waals surface area (Å²) in [5.41, 5.74) is 2.68. The van der Waals surface area contributed by atoms with E-state index in [0.29, 0.717) is 27.8 Å². The summed E-state index contributed by atoms with van der Waals surface area (Å²) in [6, 6.07) is 21.9. The number of thioether (sulfide) groups is 1. The minimum atomic E-state index is -0.283. The van der Waals surface area contributed by atoms with Crippen LogP contribution in [0.3, 0.4) is 0 Å². The topological polar surface area (TPSA) is 58.6 Å². The molecule has 1 saturated heterocycles. The van der Waals surface area contributed by atoms with Crippen LogP contribution in [0.2, 0.25) is 5.02 Å². The summed E-state index contributed by atoms with van der Waals surface area (Å²) >= 11 is 7.67. The van der Waals surface area contributed by atoms with Crippen LogP contribution in [-0.2, 0) is 4.79 Å². The maximum atomic E-state index is 12.7. The number of halogens is 1. The minimum Gasteiger partial charge on any atom is -0.495 e. The summed E-state index contributed by atoms with van der Waals surface area (Å²) in [5, 5.41) is 3.07. The lowest BCUT2D eigenvalue weighted by atomic mass is 10.1. The first kappa shape index (κ1) is 20.3. The van der Waals surface area contributed by atoms with E-state index in [4.69, 9.17) is 16.3 Å². The molecule has 1 aliphatic heterocycles. The fraction of sp³-hybridized carbons (Fsp3) is 0.130. The molecule has 7 heteroatoms. The van der Waals surface area contributed by atoms with Crippen LogP contribution in [0.15, 0.2) is 72.8 Å². The fourth-order valence-corrected chi connectivity index (χ4v) is 4.75. The van der Waals surface area contributed by atoms with E-state index in [9.17, 15) is 9.59 Å². The molecule has 0 spiro atoms. The van der Waals surface area contributed by atoms with Crippen LogP contribution in [0.5, 0.6) is 5.75 Å². The largest absolute Gasteiger partial charge is 0.495 e. The molecule has 0 unspecified atom stereocenters. The number of amides is 2. The van der Waals surface area contributed by atoms with E-state index in [1.807, 2.05) is 48.5 Å². The van der Waals surface area contributed by atoms with Crippen LogP contribution in [0.25, 0.3) is 0 Å². The number of nitrogens with one attached hydrogen (secondary N) is 1. The molecule has 3 aromatic carbocycles. The third-order valence-corrected chi connectivity index (χ3v) is 6.30. The maximum Gasteiger partial charge on any atom is 0.257 e. The number of carbonyl (C=O) groups is 2. The zero-order valence-electron chi connectivity index (χ0n) is 16.2. The summed E-state index contributed by atoms with van der Waals surface area (Å²) in [4.78, 5) is 27.0. The van der Waals surface area contributed by atoms with Crippen molar-refractivity contribution in [1.82, 2.24) is 0 Å². The third-order valence-electron chi connectivity index (χ3n) is 4.76. The molecule has 30 heavy (non-hydrogen) atoms. The van der Waals surface area contributed by atoms with Gasteiger partial charge in [0.2, 0.25) is 5.91 Å². The van der Waals surface area contributed by atoms with Gasteiger partial charge >= 0.3 is 0 Å². The van der Waals surface area contributed by atoms with E-state index in [0.717, 1.165) is 11.3 Å². The smallest absolute Gasteiger partial charge is 0.257 e. The van der Waals surface area contributed by atoms with Crippen molar-refractivity contribution in [3.8, 4) is 5.75 Å². The molecule has 0 bridgehead atoms. The second-order valence-corrected chi connectivity index (χ2v) is 8.13. The van der Waals surface area contributed by atoms with Crippen LogP contribution in [0, 0.1) is 0 Å². The molecule has 152 valence electrons. The number of ether oxygens (including phenoxy) is 1. The minimum absolute atomic E-state index is 0.0139. The number of methoxy groups -OCH3 is 1.